The molecule has 1 N–H and O–H groups in total. The highest BCUT2D eigenvalue weighted by atomic mass is 16.5. The van der Waals surface area contributed by atoms with Crippen LogP contribution in [0, 0.1) is 0 Å². The van der Waals surface area contributed by atoms with Gasteiger partial charge in [0.25, 0.3) is 0 Å². The quantitative estimate of drug-likeness (QED) is 0.302. The first kappa shape index (κ1) is 19.1. The lowest BCUT2D eigenvalue weighted by Gasteiger charge is -2.03. The van der Waals surface area contributed by atoms with E-state index in [0.29, 0.717) is 6.42 Å². The van der Waals surface area contributed by atoms with Gasteiger partial charge in [-0.15, -0.1) is 0 Å². The number of ether oxygens (including phenoxy) is 1. The number of rotatable bonds is 14. The number of esters is 1. The van der Waals surface area contributed by atoms with Crippen LogP contribution in [0.15, 0.2) is 0 Å². The van der Waals surface area contributed by atoms with Gasteiger partial charge in [0.05, 0.1) is 6.61 Å². The fourth-order valence-electron chi connectivity index (χ4n) is 2.09. The van der Waals surface area contributed by atoms with Crippen LogP contribution < -0.4 is 0 Å². The summed E-state index contributed by atoms with van der Waals surface area (Å²) >= 11 is 0. The molecule has 0 aliphatic heterocycles. The lowest BCUT2D eigenvalue weighted by molar-refractivity contribution is -0.146. The second-order valence-electron chi connectivity index (χ2n) is 5.24. The van der Waals surface area contributed by atoms with Crippen molar-refractivity contribution in [1.29, 1.82) is 0 Å². The molecule has 0 bridgehead atoms. The zero-order valence-corrected chi connectivity index (χ0v) is 12.9. The Kier molecular flexibility index (Phi) is 13.9. The summed E-state index contributed by atoms with van der Waals surface area (Å²) in [5.41, 5.74) is 0. The maximum atomic E-state index is 11.5. The number of ketones is 1. The van der Waals surface area contributed by atoms with Gasteiger partial charge >= 0.3 is 5.97 Å². The molecule has 118 valence electrons. The van der Waals surface area contributed by atoms with Crippen LogP contribution in [-0.4, -0.2) is 30.1 Å². The molecule has 0 saturated carbocycles. The lowest BCUT2D eigenvalue weighted by Crippen LogP contribution is -2.13. The Hall–Kier alpha value is -0.900. The monoisotopic (exact) mass is 286 g/mol. The fourth-order valence-corrected chi connectivity index (χ4v) is 2.09. The van der Waals surface area contributed by atoms with Crippen molar-refractivity contribution in [2.75, 3.05) is 13.2 Å². The molecule has 0 atom stereocenters. The van der Waals surface area contributed by atoms with Gasteiger partial charge in [-0.05, 0) is 6.42 Å². The SMILES string of the molecule is CCCCCCCCCCCC(=O)CC(=O)OCCO. The molecular weight excluding hydrogens is 256 g/mol. The third-order valence-corrected chi connectivity index (χ3v) is 3.26. The Labute approximate surface area is 122 Å². The minimum Gasteiger partial charge on any atom is -0.463 e. The largest absolute Gasteiger partial charge is 0.463 e. The summed E-state index contributed by atoms with van der Waals surface area (Å²) in [5, 5.41) is 8.48. The molecule has 0 aliphatic rings. The molecule has 0 saturated heterocycles. The summed E-state index contributed by atoms with van der Waals surface area (Å²) in [6, 6.07) is 0. The number of carbonyl (C=O) groups excluding carboxylic acids is 2. The normalized spacial score (nSPS) is 10.5. The summed E-state index contributed by atoms with van der Waals surface area (Å²) < 4.78 is 4.64. The number of unbranched alkanes of at least 4 members (excludes halogenated alkanes) is 8. The van der Waals surface area contributed by atoms with Gasteiger partial charge in [0.2, 0.25) is 0 Å². The number of hydrogen-bond donors (Lipinski definition) is 1. The molecule has 0 amide bonds. The van der Waals surface area contributed by atoms with Crippen molar-refractivity contribution in [1.82, 2.24) is 0 Å². The van der Waals surface area contributed by atoms with Gasteiger partial charge in [-0.2, -0.15) is 0 Å². The van der Waals surface area contributed by atoms with E-state index in [1.807, 2.05) is 0 Å². The average molecular weight is 286 g/mol. The van der Waals surface area contributed by atoms with Gasteiger partial charge in [-0.1, -0.05) is 58.3 Å². The van der Waals surface area contributed by atoms with Crippen molar-refractivity contribution in [2.45, 2.75) is 77.6 Å². The highest BCUT2D eigenvalue weighted by Crippen LogP contribution is 2.11. The van der Waals surface area contributed by atoms with Gasteiger partial charge in [0.15, 0.2) is 0 Å². The second kappa shape index (κ2) is 14.5. The number of hydrogen-bond acceptors (Lipinski definition) is 4. The number of aliphatic hydroxyl groups excluding tert-OH is 1. The van der Waals surface area contributed by atoms with Crippen molar-refractivity contribution >= 4 is 11.8 Å². The number of Topliss-reactive ketones (excluding diaryl/α,β-unsaturated/α-hetero) is 1. The van der Waals surface area contributed by atoms with Gasteiger partial charge in [-0.3, -0.25) is 9.59 Å². The first-order chi connectivity index (χ1) is 9.70. The van der Waals surface area contributed by atoms with E-state index in [-0.39, 0.29) is 25.4 Å². The molecule has 0 aromatic rings. The molecule has 0 aliphatic carbocycles. The van der Waals surface area contributed by atoms with Crippen LogP contribution in [0.4, 0.5) is 0 Å². The van der Waals surface area contributed by atoms with Crippen molar-refractivity contribution < 1.29 is 19.4 Å². The van der Waals surface area contributed by atoms with E-state index in [4.69, 9.17) is 5.11 Å². The predicted octanol–water partition coefficient (Wildman–Crippen LogP) is 3.40. The Bertz CT molecular complexity index is 251. The van der Waals surface area contributed by atoms with Crippen LogP contribution in [0.5, 0.6) is 0 Å². The van der Waals surface area contributed by atoms with E-state index >= 15 is 0 Å². The van der Waals surface area contributed by atoms with Gasteiger partial charge in [0.1, 0.15) is 18.8 Å². The van der Waals surface area contributed by atoms with Crippen molar-refractivity contribution in [3.63, 3.8) is 0 Å². The fraction of sp³-hybridized carbons (Fsp3) is 0.875. The predicted molar refractivity (Wildman–Crippen MR) is 79.5 cm³/mol. The molecule has 0 heterocycles. The third-order valence-electron chi connectivity index (χ3n) is 3.26. The Morgan fingerprint density at radius 1 is 0.900 bits per heavy atom. The molecule has 4 nitrogen and oxygen atoms in total. The van der Waals surface area contributed by atoms with Crippen LogP contribution in [-0.2, 0) is 14.3 Å². The third kappa shape index (κ3) is 13.5. The van der Waals surface area contributed by atoms with E-state index in [2.05, 4.69) is 11.7 Å². The van der Waals surface area contributed by atoms with Crippen LogP contribution in [0.2, 0.25) is 0 Å². The summed E-state index contributed by atoms with van der Waals surface area (Å²) in [7, 11) is 0. The van der Waals surface area contributed by atoms with Gasteiger partial charge < -0.3 is 9.84 Å². The zero-order chi connectivity index (χ0) is 15.1. The summed E-state index contributed by atoms with van der Waals surface area (Å²) in [4.78, 5) is 22.6. The Morgan fingerprint density at radius 3 is 2.00 bits per heavy atom. The number of aliphatic hydroxyl groups is 1. The molecular formula is C16H30O4. The summed E-state index contributed by atoms with van der Waals surface area (Å²) in [5.74, 6) is -0.587. The first-order valence-electron chi connectivity index (χ1n) is 7.99. The number of carbonyl (C=O) groups is 2. The van der Waals surface area contributed by atoms with E-state index in [0.717, 1.165) is 12.8 Å². The summed E-state index contributed by atoms with van der Waals surface area (Å²) in [6.07, 6.45) is 11.2. The highest BCUT2D eigenvalue weighted by Gasteiger charge is 2.09. The van der Waals surface area contributed by atoms with Crippen LogP contribution in [0.1, 0.15) is 77.6 Å². The van der Waals surface area contributed by atoms with E-state index in [1.165, 1.54) is 44.9 Å². The average Bonchev–Trinajstić information content (AvgIpc) is 2.43. The van der Waals surface area contributed by atoms with Crippen LogP contribution >= 0.6 is 0 Å². The van der Waals surface area contributed by atoms with E-state index < -0.39 is 5.97 Å². The molecule has 0 spiro atoms. The Balaban J connectivity index is 3.29. The van der Waals surface area contributed by atoms with Crippen molar-refractivity contribution in [3.05, 3.63) is 0 Å². The topological polar surface area (TPSA) is 63.6 Å². The molecule has 0 unspecified atom stereocenters. The van der Waals surface area contributed by atoms with Gasteiger partial charge in [-0.25, -0.2) is 0 Å². The van der Waals surface area contributed by atoms with Crippen LogP contribution in [0.25, 0.3) is 0 Å². The second-order valence-corrected chi connectivity index (χ2v) is 5.24. The molecule has 0 aromatic heterocycles. The van der Waals surface area contributed by atoms with E-state index in [9.17, 15) is 9.59 Å². The highest BCUT2D eigenvalue weighted by molar-refractivity contribution is 5.95. The molecule has 0 aromatic carbocycles. The standard InChI is InChI=1S/C16H30O4/c1-2-3-4-5-6-7-8-9-10-11-15(18)14-16(19)20-13-12-17/h17H,2-14H2,1H3. The lowest BCUT2D eigenvalue weighted by atomic mass is 10.0. The van der Waals surface area contributed by atoms with Crippen molar-refractivity contribution in [2.24, 2.45) is 0 Å². The molecule has 0 fully saturated rings. The maximum Gasteiger partial charge on any atom is 0.313 e. The van der Waals surface area contributed by atoms with Crippen LogP contribution in [0.3, 0.4) is 0 Å². The Morgan fingerprint density at radius 2 is 1.45 bits per heavy atom. The molecule has 20 heavy (non-hydrogen) atoms. The minimum atomic E-state index is -0.528. The molecule has 4 heteroatoms. The summed E-state index contributed by atoms with van der Waals surface area (Å²) in [6.45, 7) is 2.00. The molecule has 0 radical (unpaired) electrons. The first-order valence-corrected chi connectivity index (χ1v) is 7.99. The zero-order valence-electron chi connectivity index (χ0n) is 12.9. The minimum absolute atomic E-state index is 0.0237. The maximum absolute atomic E-state index is 11.5. The van der Waals surface area contributed by atoms with Crippen molar-refractivity contribution in [3.8, 4) is 0 Å². The molecule has 0 rings (SSSR count). The van der Waals surface area contributed by atoms with Gasteiger partial charge in [0, 0.05) is 6.42 Å². The smallest absolute Gasteiger partial charge is 0.313 e. The van der Waals surface area contributed by atoms with E-state index in [1.54, 1.807) is 0 Å².